The maximum Gasteiger partial charge on any atom is 0.410 e. The van der Waals surface area contributed by atoms with Crippen LogP contribution in [0.3, 0.4) is 0 Å². The van der Waals surface area contributed by atoms with Crippen LogP contribution in [0.1, 0.15) is 41.0 Å². The van der Waals surface area contributed by atoms with Crippen molar-refractivity contribution < 1.29 is 14.6 Å². The summed E-state index contributed by atoms with van der Waals surface area (Å²) in [6, 6.07) is -0.116. The second-order valence-corrected chi connectivity index (χ2v) is 5.76. The van der Waals surface area contributed by atoms with Crippen LogP contribution < -0.4 is 0 Å². The zero-order valence-electron chi connectivity index (χ0n) is 10.9. The average Bonchev–Trinajstić information content (AvgIpc) is 2.43. The molecule has 0 radical (unpaired) electrons. The first kappa shape index (κ1) is 13.3. The van der Waals surface area contributed by atoms with Gasteiger partial charge in [-0.3, -0.25) is 0 Å². The molecule has 0 aromatic carbocycles. The molecule has 1 saturated heterocycles. The highest BCUT2D eigenvalue weighted by molar-refractivity contribution is 5.69. The van der Waals surface area contributed by atoms with E-state index in [1.165, 1.54) is 0 Å². The molecule has 2 atom stereocenters. The first-order chi connectivity index (χ1) is 7.22. The van der Waals surface area contributed by atoms with Gasteiger partial charge in [0.25, 0.3) is 0 Å². The van der Waals surface area contributed by atoms with Gasteiger partial charge in [0.2, 0.25) is 0 Å². The molecule has 1 heterocycles. The fraction of sp³-hybridized carbons (Fsp3) is 0.917. The predicted molar refractivity (Wildman–Crippen MR) is 62.2 cm³/mol. The molecule has 0 spiro atoms. The van der Waals surface area contributed by atoms with E-state index < -0.39 is 11.7 Å². The normalized spacial score (nSPS) is 26.3. The van der Waals surface area contributed by atoms with E-state index in [2.05, 4.69) is 0 Å². The largest absolute Gasteiger partial charge is 0.444 e. The summed E-state index contributed by atoms with van der Waals surface area (Å²) in [5.41, 5.74) is -0.480. The van der Waals surface area contributed by atoms with Crippen molar-refractivity contribution in [2.75, 3.05) is 6.54 Å². The molecule has 0 aliphatic carbocycles. The Kier molecular flexibility index (Phi) is 3.84. The summed E-state index contributed by atoms with van der Waals surface area (Å²) in [6.45, 7) is 10.2. The van der Waals surface area contributed by atoms with Crippen LogP contribution in [-0.4, -0.2) is 40.4 Å². The number of aliphatic hydroxyl groups excluding tert-OH is 1. The number of hydrogen-bond acceptors (Lipinski definition) is 3. The minimum Gasteiger partial charge on any atom is -0.444 e. The maximum atomic E-state index is 11.9. The molecule has 4 heteroatoms. The van der Waals surface area contributed by atoms with Crippen molar-refractivity contribution in [2.24, 2.45) is 5.92 Å². The minimum atomic E-state index is -0.480. The van der Waals surface area contributed by atoms with E-state index in [0.29, 0.717) is 13.0 Å². The van der Waals surface area contributed by atoms with Gasteiger partial charge in [0, 0.05) is 6.54 Å². The number of amides is 1. The first-order valence-corrected chi connectivity index (χ1v) is 5.90. The van der Waals surface area contributed by atoms with Crippen molar-refractivity contribution in [3.63, 3.8) is 0 Å². The third-order valence-electron chi connectivity index (χ3n) is 2.73. The number of hydrogen-bond donors (Lipinski definition) is 1. The number of rotatable bonds is 1. The van der Waals surface area contributed by atoms with E-state index in [9.17, 15) is 9.90 Å². The third kappa shape index (κ3) is 3.11. The van der Waals surface area contributed by atoms with E-state index in [1.807, 2.05) is 34.6 Å². The minimum absolute atomic E-state index is 0.116. The number of likely N-dealkylation sites (tertiary alicyclic amines) is 1. The van der Waals surface area contributed by atoms with Crippen molar-refractivity contribution in [1.29, 1.82) is 0 Å². The number of carbonyl (C=O) groups is 1. The highest BCUT2D eigenvalue weighted by Gasteiger charge is 2.39. The molecular formula is C12H23NO3. The van der Waals surface area contributed by atoms with Crippen LogP contribution in [0.2, 0.25) is 0 Å². The fourth-order valence-electron chi connectivity index (χ4n) is 2.14. The third-order valence-corrected chi connectivity index (χ3v) is 2.73. The first-order valence-electron chi connectivity index (χ1n) is 5.90. The fourth-order valence-corrected chi connectivity index (χ4v) is 2.14. The van der Waals surface area contributed by atoms with Crippen LogP contribution in [0.25, 0.3) is 0 Å². The summed E-state index contributed by atoms with van der Waals surface area (Å²) in [6.07, 6.45) is -0.0995. The van der Waals surface area contributed by atoms with Crippen molar-refractivity contribution in [3.8, 4) is 0 Å². The Bertz CT molecular complexity index is 257. The number of nitrogens with zero attached hydrogens (tertiary/aromatic N) is 1. The molecule has 0 aromatic rings. The van der Waals surface area contributed by atoms with Crippen LogP contribution in [0, 0.1) is 5.92 Å². The molecular weight excluding hydrogens is 206 g/mol. The second-order valence-electron chi connectivity index (χ2n) is 5.76. The molecule has 94 valence electrons. The lowest BCUT2D eigenvalue weighted by Gasteiger charge is -2.31. The van der Waals surface area contributed by atoms with Gasteiger partial charge < -0.3 is 14.7 Å². The molecule has 0 unspecified atom stereocenters. The predicted octanol–water partition coefficient (Wildman–Crippen LogP) is 2.01. The summed E-state index contributed by atoms with van der Waals surface area (Å²) in [4.78, 5) is 13.6. The molecule has 0 saturated carbocycles. The van der Waals surface area contributed by atoms with Crippen LogP contribution in [-0.2, 0) is 4.74 Å². The Morgan fingerprint density at radius 1 is 1.44 bits per heavy atom. The Balaban J connectivity index is 2.69. The Morgan fingerprint density at radius 2 is 2.00 bits per heavy atom. The Labute approximate surface area is 97.6 Å². The Hall–Kier alpha value is -0.770. The van der Waals surface area contributed by atoms with Gasteiger partial charge in [0.05, 0.1) is 12.1 Å². The molecule has 0 aromatic heterocycles. The van der Waals surface area contributed by atoms with Gasteiger partial charge in [0.15, 0.2) is 0 Å². The standard InChI is InChI=1S/C12H23NO3/c1-8(2)10-9(14)6-7-13(10)11(15)16-12(3,4)5/h8-10,14H,6-7H2,1-5H3/t9-,10+/m1/s1. The zero-order valence-corrected chi connectivity index (χ0v) is 10.9. The molecule has 1 aliphatic heterocycles. The van der Waals surface area contributed by atoms with Crippen LogP contribution >= 0.6 is 0 Å². The van der Waals surface area contributed by atoms with E-state index in [-0.39, 0.29) is 18.1 Å². The highest BCUT2D eigenvalue weighted by atomic mass is 16.6. The molecule has 1 N–H and O–H groups in total. The van der Waals surface area contributed by atoms with E-state index in [4.69, 9.17) is 4.74 Å². The molecule has 16 heavy (non-hydrogen) atoms. The summed E-state index contributed by atoms with van der Waals surface area (Å²) in [5, 5.41) is 9.83. The van der Waals surface area contributed by atoms with Gasteiger partial charge in [-0.25, -0.2) is 4.79 Å². The van der Waals surface area contributed by atoms with Crippen molar-refractivity contribution >= 4 is 6.09 Å². The summed E-state index contributed by atoms with van der Waals surface area (Å²) in [7, 11) is 0. The summed E-state index contributed by atoms with van der Waals surface area (Å²) >= 11 is 0. The van der Waals surface area contributed by atoms with Crippen molar-refractivity contribution in [1.82, 2.24) is 4.90 Å². The van der Waals surface area contributed by atoms with Crippen LogP contribution in [0.5, 0.6) is 0 Å². The topological polar surface area (TPSA) is 49.8 Å². The smallest absolute Gasteiger partial charge is 0.410 e. The van der Waals surface area contributed by atoms with Gasteiger partial charge in [-0.15, -0.1) is 0 Å². The quantitative estimate of drug-likeness (QED) is 0.748. The van der Waals surface area contributed by atoms with Gasteiger partial charge in [-0.2, -0.15) is 0 Å². The molecule has 1 rings (SSSR count). The molecule has 4 nitrogen and oxygen atoms in total. The SMILES string of the molecule is CC(C)[C@H]1[C@H](O)CCN1C(=O)OC(C)(C)C. The number of aliphatic hydroxyl groups is 1. The van der Waals surface area contributed by atoms with Gasteiger partial charge >= 0.3 is 6.09 Å². The van der Waals surface area contributed by atoms with Crippen LogP contribution in [0.15, 0.2) is 0 Å². The lowest BCUT2D eigenvalue weighted by atomic mass is 10.00. The second kappa shape index (κ2) is 4.62. The molecule has 0 bridgehead atoms. The average molecular weight is 229 g/mol. The molecule has 1 aliphatic rings. The van der Waals surface area contributed by atoms with Crippen LogP contribution in [0.4, 0.5) is 4.79 Å². The lowest BCUT2D eigenvalue weighted by molar-refractivity contribution is 0.00892. The van der Waals surface area contributed by atoms with Gasteiger partial charge in [-0.05, 0) is 33.1 Å². The van der Waals surface area contributed by atoms with E-state index >= 15 is 0 Å². The monoisotopic (exact) mass is 229 g/mol. The summed E-state index contributed by atoms with van der Waals surface area (Å²) < 4.78 is 5.33. The van der Waals surface area contributed by atoms with E-state index in [1.54, 1.807) is 4.90 Å². The number of carbonyl (C=O) groups excluding carboxylic acids is 1. The summed E-state index contributed by atoms with van der Waals surface area (Å²) in [5.74, 6) is 0.241. The Morgan fingerprint density at radius 3 is 2.44 bits per heavy atom. The van der Waals surface area contributed by atoms with Crippen molar-refractivity contribution in [3.05, 3.63) is 0 Å². The molecule has 1 fully saturated rings. The molecule has 1 amide bonds. The van der Waals surface area contributed by atoms with Gasteiger partial charge in [-0.1, -0.05) is 13.8 Å². The highest BCUT2D eigenvalue weighted by Crippen LogP contribution is 2.26. The van der Waals surface area contributed by atoms with Gasteiger partial charge in [0.1, 0.15) is 5.60 Å². The van der Waals surface area contributed by atoms with Crippen molar-refractivity contribution in [2.45, 2.75) is 58.8 Å². The maximum absolute atomic E-state index is 11.9. The number of ether oxygens (including phenoxy) is 1. The zero-order chi connectivity index (χ0) is 12.5. The van der Waals surface area contributed by atoms with E-state index in [0.717, 1.165) is 0 Å². The lowest BCUT2D eigenvalue weighted by Crippen LogP contribution is -2.45.